The third kappa shape index (κ3) is 10.3. The van der Waals surface area contributed by atoms with Gasteiger partial charge in [-0.05, 0) is 44.0 Å². The number of carbonyl (C=O) groups excluding carboxylic acids is 3. The monoisotopic (exact) mass is 832 g/mol. The number of hydrogen-bond acceptors (Lipinski definition) is 11. The first kappa shape index (κ1) is 43.5. The number of benzene rings is 2. The molecule has 2 aliphatic heterocycles. The first-order chi connectivity index (χ1) is 27.1. The molecule has 0 fully saturated rings. The van der Waals surface area contributed by atoms with E-state index in [4.69, 9.17) is 18.8 Å². The van der Waals surface area contributed by atoms with E-state index in [0.717, 1.165) is 12.1 Å². The molecule has 58 heavy (non-hydrogen) atoms. The molecular formula is C38H43F2N4O13P. The fraction of sp³-hybridized carbons (Fsp3) is 0.421. The maximum Gasteiger partial charge on any atom is 0.524 e. The summed E-state index contributed by atoms with van der Waals surface area (Å²) in [5.41, 5.74) is -2.11. The topological polar surface area (TPSA) is 233 Å². The van der Waals surface area contributed by atoms with Gasteiger partial charge in [-0.3, -0.25) is 33.8 Å². The van der Waals surface area contributed by atoms with Gasteiger partial charge in [0.1, 0.15) is 29.6 Å². The maximum absolute atomic E-state index is 14.4. The minimum absolute atomic E-state index is 0.0245. The summed E-state index contributed by atoms with van der Waals surface area (Å²) >= 11 is 0. The number of aryl methyl sites for hydroxylation is 1. The summed E-state index contributed by atoms with van der Waals surface area (Å²) in [6, 6.07) is 4.57. The molecule has 0 aliphatic carbocycles. The van der Waals surface area contributed by atoms with Crippen LogP contribution in [0.25, 0.3) is 0 Å². The number of phosphoric acid groups is 1. The molecule has 2 atom stereocenters. The molecule has 0 unspecified atom stereocenters. The summed E-state index contributed by atoms with van der Waals surface area (Å²) < 4.78 is 57.2. The number of phosphoric ester groups is 1. The minimum Gasteiger partial charge on any atom is -0.481 e. The fourth-order valence-corrected chi connectivity index (χ4v) is 7.48. The number of oxime groups is 1. The van der Waals surface area contributed by atoms with Gasteiger partial charge >= 0.3 is 19.8 Å². The van der Waals surface area contributed by atoms with Crippen molar-refractivity contribution >= 4 is 37.3 Å². The Hall–Kier alpha value is -5.65. The molecule has 0 spiro atoms. The van der Waals surface area contributed by atoms with Crippen LogP contribution in [-0.4, -0.2) is 79.8 Å². The van der Waals surface area contributed by atoms with E-state index >= 15 is 0 Å². The van der Waals surface area contributed by atoms with Gasteiger partial charge < -0.3 is 38.7 Å². The molecule has 1 aromatic heterocycles. The van der Waals surface area contributed by atoms with Gasteiger partial charge in [0.25, 0.3) is 11.8 Å². The second-order valence-electron chi connectivity index (χ2n) is 14.8. The molecule has 2 bridgehead atoms. The van der Waals surface area contributed by atoms with E-state index in [1.807, 2.05) is 0 Å². The van der Waals surface area contributed by atoms with Crippen molar-refractivity contribution < 1.29 is 66.3 Å². The van der Waals surface area contributed by atoms with Crippen molar-refractivity contribution in [1.29, 1.82) is 0 Å². The summed E-state index contributed by atoms with van der Waals surface area (Å²) in [5.74, 6) is -6.55. The van der Waals surface area contributed by atoms with Gasteiger partial charge in [0.05, 0.1) is 24.6 Å². The van der Waals surface area contributed by atoms with Gasteiger partial charge in [-0.1, -0.05) is 31.1 Å². The van der Waals surface area contributed by atoms with Crippen LogP contribution < -0.4 is 20.0 Å². The molecule has 4 N–H and O–H groups in total. The number of aromatic nitrogens is 1. The van der Waals surface area contributed by atoms with E-state index in [1.165, 1.54) is 41.6 Å². The van der Waals surface area contributed by atoms with Crippen LogP contribution in [0.4, 0.5) is 8.78 Å². The molecule has 0 radical (unpaired) electrons. The van der Waals surface area contributed by atoms with Gasteiger partial charge in [0.15, 0.2) is 5.69 Å². The average molecular weight is 833 g/mol. The van der Waals surface area contributed by atoms with E-state index in [9.17, 15) is 52.2 Å². The van der Waals surface area contributed by atoms with Crippen molar-refractivity contribution in [2.75, 3.05) is 19.9 Å². The number of aliphatic carboxylic acids is 1. The number of ether oxygens (including phenoxy) is 2. The Morgan fingerprint density at radius 3 is 2.50 bits per heavy atom. The van der Waals surface area contributed by atoms with Crippen LogP contribution in [-0.2, 0) is 42.1 Å². The van der Waals surface area contributed by atoms with Crippen LogP contribution >= 0.6 is 7.82 Å². The highest BCUT2D eigenvalue weighted by Gasteiger charge is 2.39. The molecule has 0 saturated carbocycles. The summed E-state index contributed by atoms with van der Waals surface area (Å²) in [5, 5.41) is 16.1. The molecule has 17 nitrogen and oxygen atoms in total. The molecule has 5 rings (SSSR count). The normalized spacial score (nSPS) is 17.9. The molecule has 20 heteroatoms. The van der Waals surface area contributed by atoms with Crippen molar-refractivity contribution in [2.45, 2.75) is 84.3 Å². The number of nitrogens with one attached hydrogen (secondary N) is 1. The van der Waals surface area contributed by atoms with E-state index in [2.05, 4.69) is 10.5 Å². The lowest BCUT2D eigenvalue weighted by molar-refractivity contribution is -0.151. The number of rotatable bonds is 13. The zero-order valence-corrected chi connectivity index (χ0v) is 33.1. The van der Waals surface area contributed by atoms with Crippen molar-refractivity contribution in [3.63, 3.8) is 0 Å². The van der Waals surface area contributed by atoms with E-state index in [0.29, 0.717) is 23.8 Å². The number of carboxylic acids is 1. The Kier molecular flexibility index (Phi) is 13.1. The summed E-state index contributed by atoms with van der Waals surface area (Å²) in [6.45, 7) is 7.05. The third-order valence-corrected chi connectivity index (χ3v) is 10.1. The maximum atomic E-state index is 14.4. The first-order valence-electron chi connectivity index (χ1n) is 18.0. The molecule has 3 aromatic rings. The lowest BCUT2D eigenvalue weighted by Crippen LogP contribution is -2.50. The van der Waals surface area contributed by atoms with Gasteiger partial charge in [0, 0.05) is 60.8 Å². The Labute approximate surface area is 330 Å². The second kappa shape index (κ2) is 17.5. The number of amides is 2. The predicted molar refractivity (Wildman–Crippen MR) is 200 cm³/mol. The Balaban J connectivity index is 1.48. The number of hydrogen-bond donors (Lipinski definition) is 4. The highest BCUT2D eigenvalue weighted by Crippen LogP contribution is 2.45. The minimum atomic E-state index is -5.14. The number of fused-ring (bicyclic) bond motifs is 4. The smallest absolute Gasteiger partial charge is 0.481 e. The number of esters is 1. The predicted octanol–water partition coefficient (Wildman–Crippen LogP) is 4.28. The SMILES string of the molecule is C/C1=N/OCC[C@H](C)N2C[C@H](C1)n1cc(C(=O)NCc3ccc(F)cc3F)c(=O)c(OCOC(=O)CC(C)(C)c3c(CC(=O)O)cc(C)cc3OP(=O)(O)O)c1C2=O. The fourth-order valence-electron chi connectivity index (χ4n) is 7.08. The van der Waals surface area contributed by atoms with Gasteiger partial charge in [-0.25, -0.2) is 13.3 Å². The Morgan fingerprint density at radius 1 is 1.10 bits per heavy atom. The summed E-state index contributed by atoms with van der Waals surface area (Å²) in [6.07, 6.45) is 0.703. The number of carbonyl (C=O) groups is 4. The van der Waals surface area contributed by atoms with Crippen molar-refractivity contribution in [3.05, 3.63) is 91.9 Å². The Morgan fingerprint density at radius 2 is 1.83 bits per heavy atom. The largest absolute Gasteiger partial charge is 0.524 e. The van der Waals surface area contributed by atoms with Crippen LogP contribution in [0.1, 0.15) is 96.1 Å². The molecule has 2 aliphatic rings. The van der Waals surface area contributed by atoms with Gasteiger partial charge in [0.2, 0.25) is 18.0 Å². The molecule has 2 aromatic carbocycles. The molecule has 312 valence electrons. The van der Waals surface area contributed by atoms with Crippen molar-refractivity contribution in [1.82, 2.24) is 14.8 Å². The van der Waals surface area contributed by atoms with E-state index in [1.54, 1.807) is 20.8 Å². The number of pyridine rings is 1. The number of nitrogens with zero attached hydrogens (tertiary/aromatic N) is 3. The average Bonchev–Trinajstić information content (AvgIpc) is 3.09. The molecular weight excluding hydrogens is 789 g/mol. The van der Waals surface area contributed by atoms with Crippen LogP contribution in [0, 0.1) is 18.6 Å². The second-order valence-corrected chi connectivity index (χ2v) is 15.9. The van der Waals surface area contributed by atoms with Crippen LogP contribution in [0.15, 0.2) is 46.5 Å². The quantitative estimate of drug-likeness (QED) is 0.107. The third-order valence-electron chi connectivity index (χ3n) is 9.64. The summed E-state index contributed by atoms with van der Waals surface area (Å²) in [4.78, 5) is 93.0. The molecule has 0 saturated heterocycles. The van der Waals surface area contributed by atoms with Crippen LogP contribution in [0.2, 0.25) is 0 Å². The van der Waals surface area contributed by atoms with Gasteiger partial charge in [-0.2, -0.15) is 0 Å². The van der Waals surface area contributed by atoms with E-state index < -0.39 is 97.6 Å². The number of carboxylic acid groups (broad SMARTS) is 1. The van der Waals surface area contributed by atoms with Crippen LogP contribution in [0.3, 0.4) is 0 Å². The van der Waals surface area contributed by atoms with E-state index in [-0.39, 0.29) is 53.7 Å². The zero-order chi connectivity index (χ0) is 42.7. The lowest BCUT2D eigenvalue weighted by atomic mass is 9.77. The van der Waals surface area contributed by atoms with Crippen molar-refractivity contribution in [2.24, 2.45) is 5.16 Å². The number of halogens is 2. The molecule has 3 heterocycles. The highest BCUT2D eigenvalue weighted by atomic mass is 31.2. The van der Waals surface area contributed by atoms with Crippen molar-refractivity contribution in [3.8, 4) is 11.5 Å². The first-order valence-corrected chi connectivity index (χ1v) is 19.5. The summed E-state index contributed by atoms with van der Waals surface area (Å²) in [7, 11) is -5.14. The highest BCUT2D eigenvalue weighted by molar-refractivity contribution is 7.46. The van der Waals surface area contributed by atoms with Crippen LogP contribution in [0.5, 0.6) is 11.5 Å². The zero-order valence-electron chi connectivity index (χ0n) is 32.2. The van der Waals surface area contributed by atoms with Gasteiger partial charge in [-0.15, -0.1) is 0 Å². The Bertz CT molecular complexity index is 2270. The standard InChI is InChI=1S/C38H43F2N4O13P/c1-20-10-24(13-30(45)46)32(29(11-20)57-58(51,52)53)38(4,5)15-31(47)54-19-55-35-33-37(50)43-17-26(12-21(2)42-56-9-8-22(43)3)44(33)18-27(34(35)48)36(49)41-16-23-6-7-25(39)14-28(23)40/h6-7,10-11,14,18,22,26H,8-9,12-13,15-17,19H2,1-5H3,(H,41,49)(H,45,46)(H2,51,52,53)/b42-21-/t22-,26-/m0/s1. The lowest BCUT2D eigenvalue weighted by Gasteiger charge is -2.40. The molecule has 2 amide bonds.